The topological polar surface area (TPSA) is 63.0 Å². The highest BCUT2D eigenvalue weighted by Gasteiger charge is 2.34. The Balaban J connectivity index is 1.36. The number of furan rings is 1. The van der Waals surface area contributed by atoms with Gasteiger partial charge in [0.15, 0.2) is 0 Å². The second kappa shape index (κ2) is 10.8. The zero-order chi connectivity index (χ0) is 24.9. The van der Waals surface area contributed by atoms with Crippen LogP contribution < -0.4 is 4.74 Å². The van der Waals surface area contributed by atoms with Crippen molar-refractivity contribution in [2.45, 2.75) is 25.9 Å². The van der Waals surface area contributed by atoms with E-state index >= 15 is 0 Å². The second-order valence-electron chi connectivity index (χ2n) is 8.88. The van der Waals surface area contributed by atoms with Gasteiger partial charge in [-0.2, -0.15) is 0 Å². The van der Waals surface area contributed by atoms with Crippen molar-refractivity contribution in [3.05, 3.63) is 112 Å². The normalized spacial score (nSPS) is 14.8. The van der Waals surface area contributed by atoms with Crippen LogP contribution in [0.5, 0.6) is 5.75 Å². The van der Waals surface area contributed by atoms with Crippen LogP contribution in [0.3, 0.4) is 0 Å². The summed E-state index contributed by atoms with van der Waals surface area (Å²) in [6.07, 6.45) is 2.37. The number of fused-ring (bicyclic) bond motifs is 1. The number of carbonyl (C=O) groups is 2. The van der Waals surface area contributed by atoms with E-state index in [9.17, 15) is 9.59 Å². The third-order valence-corrected chi connectivity index (χ3v) is 7.40. The predicted molar refractivity (Wildman–Crippen MR) is 139 cm³/mol. The van der Waals surface area contributed by atoms with Crippen LogP contribution in [-0.4, -0.2) is 41.3 Å². The van der Waals surface area contributed by atoms with Crippen molar-refractivity contribution in [1.82, 2.24) is 9.80 Å². The minimum absolute atomic E-state index is 0.0467. The van der Waals surface area contributed by atoms with Crippen molar-refractivity contribution in [3.8, 4) is 5.75 Å². The third kappa shape index (κ3) is 5.36. The zero-order valence-corrected chi connectivity index (χ0v) is 20.9. The van der Waals surface area contributed by atoms with E-state index < -0.39 is 0 Å². The largest absolute Gasteiger partial charge is 0.491 e. The van der Waals surface area contributed by atoms with E-state index in [0.717, 1.165) is 23.3 Å². The van der Waals surface area contributed by atoms with Crippen LogP contribution in [0.15, 0.2) is 88.9 Å². The quantitative estimate of drug-likeness (QED) is 0.321. The smallest absolute Gasteiger partial charge is 0.254 e. The molecule has 2 amide bonds. The van der Waals surface area contributed by atoms with Crippen molar-refractivity contribution in [1.29, 1.82) is 0 Å². The molecular weight excluding hydrogens is 472 g/mol. The Morgan fingerprint density at radius 3 is 2.61 bits per heavy atom. The van der Waals surface area contributed by atoms with Crippen LogP contribution in [0.1, 0.15) is 38.2 Å². The van der Waals surface area contributed by atoms with Gasteiger partial charge in [-0.3, -0.25) is 9.59 Å². The van der Waals surface area contributed by atoms with Gasteiger partial charge in [-0.15, -0.1) is 11.3 Å². The van der Waals surface area contributed by atoms with Gasteiger partial charge in [0.1, 0.15) is 24.7 Å². The number of amides is 2. The molecule has 5 rings (SSSR count). The lowest BCUT2D eigenvalue weighted by Crippen LogP contribution is -2.47. The zero-order valence-electron chi connectivity index (χ0n) is 20.1. The van der Waals surface area contributed by atoms with Crippen LogP contribution in [0.25, 0.3) is 0 Å². The van der Waals surface area contributed by atoms with E-state index in [2.05, 4.69) is 11.4 Å². The Morgan fingerprint density at radius 2 is 1.86 bits per heavy atom. The molecule has 0 spiro atoms. The molecule has 0 saturated heterocycles. The monoisotopic (exact) mass is 500 g/mol. The van der Waals surface area contributed by atoms with Gasteiger partial charge in [-0.25, -0.2) is 0 Å². The first-order valence-corrected chi connectivity index (χ1v) is 12.9. The fourth-order valence-corrected chi connectivity index (χ4v) is 5.42. The minimum atomic E-state index is -0.217. The van der Waals surface area contributed by atoms with Gasteiger partial charge in [0.05, 0.1) is 18.8 Å². The van der Waals surface area contributed by atoms with Crippen LogP contribution >= 0.6 is 11.3 Å². The molecule has 0 N–H and O–H groups in total. The number of rotatable bonds is 8. The number of nitrogens with zero attached hydrogens (tertiary/aromatic N) is 2. The Kier molecular flexibility index (Phi) is 7.18. The van der Waals surface area contributed by atoms with Crippen molar-refractivity contribution < 1.29 is 18.7 Å². The Bertz CT molecular complexity index is 1300. The maximum atomic E-state index is 13.7. The van der Waals surface area contributed by atoms with E-state index in [-0.39, 0.29) is 30.9 Å². The molecule has 0 saturated carbocycles. The highest BCUT2D eigenvalue weighted by Crippen LogP contribution is 2.34. The molecule has 184 valence electrons. The molecule has 2 aromatic heterocycles. The Labute approximate surface area is 214 Å². The molecule has 0 aliphatic carbocycles. The van der Waals surface area contributed by atoms with Crippen LogP contribution in [0, 0.1) is 6.92 Å². The van der Waals surface area contributed by atoms with E-state index in [1.54, 1.807) is 40.7 Å². The van der Waals surface area contributed by atoms with Crippen LogP contribution in [0.2, 0.25) is 0 Å². The third-order valence-electron chi connectivity index (χ3n) is 6.40. The molecule has 1 atom stereocenters. The average molecular weight is 501 g/mol. The Morgan fingerprint density at radius 1 is 1.06 bits per heavy atom. The molecule has 0 radical (unpaired) electrons. The molecule has 1 aliphatic heterocycles. The maximum Gasteiger partial charge on any atom is 0.254 e. The van der Waals surface area contributed by atoms with Gasteiger partial charge in [0.25, 0.3) is 5.91 Å². The van der Waals surface area contributed by atoms with E-state index in [4.69, 9.17) is 9.15 Å². The Hall–Kier alpha value is -3.84. The number of hydrogen-bond acceptors (Lipinski definition) is 5. The molecule has 2 aromatic carbocycles. The van der Waals surface area contributed by atoms with Gasteiger partial charge < -0.3 is 19.0 Å². The summed E-state index contributed by atoms with van der Waals surface area (Å²) in [6.45, 7) is 3.14. The van der Waals surface area contributed by atoms with E-state index in [0.29, 0.717) is 24.5 Å². The standard InChI is InChI=1S/C29H28N2O4S/c1-21-9-11-23(12-10-21)35-20-26-25-14-17-36-27(25)13-15-31(26)28(32)19-30(18-24-8-5-16-34-24)29(33)22-6-3-2-4-7-22/h2-12,14,16-17,26H,13,15,18-20H2,1H3. The molecule has 0 bridgehead atoms. The number of hydrogen-bond donors (Lipinski definition) is 0. The molecule has 1 unspecified atom stereocenters. The lowest BCUT2D eigenvalue weighted by Gasteiger charge is -2.37. The first kappa shape index (κ1) is 23.9. The summed E-state index contributed by atoms with van der Waals surface area (Å²) in [5.41, 5.74) is 2.82. The summed E-state index contributed by atoms with van der Waals surface area (Å²) in [6, 6.07) is 22.4. The van der Waals surface area contributed by atoms with E-state index in [1.165, 1.54) is 4.88 Å². The molecule has 1 aliphatic rings. The molecule has 3 heterocycles. The minimum Gasteiger partial charge on any atom is -0.491 e. The molecular formula is C29H28N2O4S. The highest BCUT2D eigenvalue weighted by molar-refractivity contribution is 7.10. The molecule has 7 heteroatoms. The first-order chi connectivity index (χ1) is 17.6. The SMILES string of the molecule is Cc1ccc(OCC2c3ccsc3CCN2C(=O)CN(Cc2ccco2)C(=O)c2ccccc2)cc1. The first-order valence-electron chi connectivity index (χ1n) is 12.0. The van der Waals surface area contributed by atoms with Crippen LogP contribution in [0.4, 0.5) is 0 Å². The van der Waals surface area contributed by atoms with E-state index in [1.807, 2.05) is 60.4 Å². The summed E-state index contributed by atoms with van der Waals surface area (Å²) in [5.74, 6) is 1.08. The lowest BCUT2D eigenvalue weighted by atomic mass is 10.0. The summed E-state index contributed by atoms with van der Waals surface area (Å²) < 4.78 is 11.6. The highest BCUT2D eigenvalue weighted by atomic mass is 32.1. The molecule has 0 fully saturated rings. The summed E-state index contributed by atoms with van der Waals surface area (Å²) in [5, 5.41) is 2.07. The number of benzene rings is 2. The summed E-state index contributed by atoms with van der Waals surface area (Å²) >= 11 is 1.71. The average Bonchev–Trinajstić information content (AvgIpc) is 3.60. The lowest BCUT2D eigenvalue weighted by molar-refractivity contribution is -0.135. The van der Waals surface area contributed by atoms with Crippen molar-refractivity contribution in [2.24, 2.45) is 0 Å². The van der Waals surface area contributed by atoms with Crippen molar-refractivity contribution >= 4 is 23.2 Å². The predicted octanol–water partition coefficient (Wildman–Crippen LogP) is 5.50. The van der Waals surface area contributed by atoms with Crippen molar-refractivity contribution in [3.63, 3.8) is 0 Å². The molecule has 36 heavy (non-hydrogen) atoms. The van der Waals surface area contributed by atoms with Crippen molar-refractivity contribution in [2.75, 3.05) is 19.7 Å². The fourth-order valence-electron chi connectivity index (χ4n) is 4.49. The summed E-state index contributed by atoms with van der Waals surface area (Å²) in [7, 11) is 0. The second-order valence-corrected chi connectivity index (χ2v) is 9.88. The molecule has 6 nitrogen and oxygen atoms in total. The number of aryl methyl sites for hydroxylation is 1. The van der Waals surface area contributed by atoms with Gasteiger partial charge >= 0.3 is 0 Å². The fraction of sp³-hybridized carbons (Fsp3) is 0.241. The van der Waals surface area contributed by atoms with Crippen LogP contribution in [-0.2, 0) is 17.8 Å². The van der Waals surface area contributed by atoms with Gasteiger partial charge in [-0.05, 0) is 66.8 Å². The molecule has 4 aromatic rings. The van der Waals surface area contributed by atoms with Gasteiger partial charge in [0, 0.05) is 17.0 Å². The number of carbonyl (C=O) groups excluding carboxylic acids is 2. The maximum absolute atomic E-state index is 13.7. The van der Waals surface area contributed by atoms with Gasteiger partial charge in [-0.1, -0.05) is 35.9 Å². The summed E-state index contributed by atoms with van der Waals surface area (Å²) in [4.78, 5) is 31.8. The number of thiophene rings is 1. The number of ether oxygens (including phenoxy) is 1. The van der Waals surface area contributed by atoms with Gasteiger partial charge in [0.2, 0.25) is 5.91 Å².